The average molecular weight is 319 g/mol. The zero-order chi connectivity index (χ0) is 17.1. The lowest BCUT2D eigenvalue weighted by atomic mass is 10.00. The minimum atomic E-state index is -1.47. The second kappa shape index (κ2) is 6.22. The molecule has 0 radical (unpaired) electrons. The number of carboxylic acid groups (broad SMARTS) is 1. The van der Waals surface area contributed by atoms with Crippen molar-refractivity contribution in [3.63, 3.8) is 0 Å². The maximum atomic E-state index is 14.0. The largest absolute Gasteiger partial charge is 0.477 e. The molecular formula is C15H10FNO6. The Bertz CT molecular complexity index is 818. The first-order valence-corrected chi connectivity index (χ1v) is 6.25. The van der Waals surface area contributed by atoms with Gasteiger partial charge in [0.2, 0.25) is 0 Å². The minimum Gasteiger partial charge on any atom is -0.477 e. The van der Waals surface area contributed by atoms with Crippen LogP contribution in [-0.4, -0.2) is 29.1 Å². The molecule has 0 fully saturated rings. The average Bonchev–Trinajstić information content (AvgIpc) is 2.53. The Kier molecular flexibility index (Phi) is 4.35. The van der Waals surface area contributed by atoms with Crippen LogP contribution in [0.25, 0.3) is 11.1 Å². The van der Waals surface area contributed by atoms with Gasteiger partial charge in [0.05, 0.1) is 17.6 Å². The Morgan fingerprint density at radius 2 is 1.91 bits per heavy atom. The quantitative estimate of drug-likeness (QED) is 0.527. The van der Waals surface area contributed by atoms with E-state index < -0.39 is 33.9 Å². The van der Waals surface area contributed by atoms with Gasteiger partial charge in [-0.25, -0.2) is 14.0 Å². The van der Waals surface area contributed by atoms with Gasteiger partial charge in [-0.05, 0) is 29.8 Å². The highest BCUT2D eigenvalue weighted by molar-refractivity contribution is 5.94. The Hall–Kier alpha value is -3.29. The molecule has 0 aromatic heterocycles. The molecule has 0 aliphatic heterocycles. The van der Waals surface area contributed by atoms with E-state index in [0.29, 0.717) is 0 Å². The van der Waals surface area contributed by atoms with Crippen molar-refractivity contribution >= 4 is 17.6 Å². The van der Waals surface area contributed by atoms with Crippen LogP contribution in [0.1, 0.15) is 20.7 Å². The summed E-state index contributed by atoms with van der Waals surface area (Å²) in [5.74, 6) is -2.87. The number of nitrogens with zero attached hydrogens (tertiary/aromatic N) is 1. The summed E-state index contributed by atoms with van der Waals surface area (Å²) in [7, 11) is 1.16. The van der Waals surface area contributed by atoms with Crippen LogP contribution in [-0.2, 0) is 4.74 Å². The highest BCUT2D eigenvalue weighted by Crippen LogP contribution is 2.30. The lowest BCUT2D eigenvalue weighted by Crippen LogP contribution is -2.04. The molecule has 2 aromatic rings. The third-order valence-electron chi connectivity index (χ3n) is 3.12. The number of nitro benzene ring substituents is 1. The molecule has 23 heavy (non-hydrogen) atoms. The Morgan fingerprint density at radius 1 is 1.22 bits per heavy atom. The predicted octanol–water partition coefficient (Wildman–Crippen LogP) is 2.89. The van der Waals surface area contributed by atoms with E-state index in [4.69, 9.17) is 5.11 Å². The van der Waals surface area contributed by atoms with Gasteiger partial charge in [0, 0.05) is 11.6 Å². The molecule has 2 rings (SSSR count). The van der Waals surface area contributed by atoms with Gasteiger partial charge >= 0.3 is 11.9 Å². The van der Waals surface area contributed by atoms with E-state index in [0.717, 1.165) is 25.3 Å². The fourth-order valence-corrected chi connectivity index (χ4v) is 2.02. The summed E-state index contributed by atoms with van der Waals surface area (Å²) in [6.07, 6.45) is 0. The van der Waals surface area contributed by atoms with Gasteiger partial charge in [-0.15, -0.1) is 0 Å². The van der Waals surface area contributed by atoms with E-state index in [1.165, 1.54) is 18.2 Å². The molecule has 1 N–H and O–H groups in total. The first-order chi connectivity index (χ1) is 10.8. The molecule has 0 atom stereocenters. The van der Waals surface area contributed by atoms with Crippen molar-refractivity contribution in [2.45, 2.75) is 0 Å². The molecule has 0 saturated heterocycles. The van der Waals surface area contributed by atoms with E-state index in [1.807, 2.05) is 0 Å². The van der Waals surface area contributed by atoms with Crippen molar-refractivity contribution in [3.8, 4) is 11.1 Å². The first kappa shape index (κ1) is 16.1. The van der Waals surface area contributed by atoms with Crippen molar-refractivity contribution in [2.24, 2.45) is 0 Å². The van der Waals surface area contributed by atoms with Crippen LogP contribution in [0.3, 0.4) is 0 Å². The smallest absolute Gasteiger partial charge is 0.342 e. The summed E-state index contributed by atoms with van der Waals surface area (Å²) in [5, 5.41) is 19.9. The number of benzene rings is 2. The maximum absolute atomic E-state index is 14.0. The van der Waals surface area contributed by atoms with Crippen molar-refractivity contribution < 1.29 is 28.7 Å². The summed E-state index contributed by atoms with van der Waals surface area (Å²) in [5.41, 5.74) is -1.12. The number of nitro groups is 1. The number of ether oxygens (including phenoxy) is 1. The van der Waals surface area contributed by atoms with Gasteiger partial charge < -0.3 is 9.84 Å². The second-order valence-electron chi connectivity index (χ2n) is 4.48. The molecule has 0 aliphatic rings. The summed E-state index contributed by atoms with van der Waals surface area (Å²) in [4.78, 5) is 32.6. The number of rotatable bonds is 4. The highest BCUT2D eigenvalue weighted by atomic mass is 19.1. The molecule has 0 aliphatic carbocycles. The second-order valence-corrected chi connectivity index (χ2v) is 4.48. The summed E-state index contributed by atoms with van der Waals surface area (Å²) in [6.45, 7) is 0. The van der Waals surface area contributed by atoms with Gasteiger partial charge in [-0.3, -0.25) is 10.1 Å². The molecule has 118 valence electrons. The van der Waals surface area contributed by atoms with Crippen LogP contribution < -0.4 is 0 Å². The Balaban J connectivity index is 2.63. The van der Waals surface area contributed by atoms with Gasteiger partial charge in [0.1, 0.15) is 11.4 Å². The normalized spacial score (nSPS) is 10.2. The third-order valence-corrected chi connectivity index (χ3v) is 3.12. The SMILES string of the molecule is COC(=O)c1ccc(F)c(-c2ccc(C(=O)O)c([N+](=O)[O-])c2)c1. The Morgan fingerprint density at radius 3 is 2.48 bits per heavy atom. The number of hydrogen-bond donors (Lipinski definition) is 1. The van der Waals surface area contributed by atoms with E-state index in [2.05, 4.69) is 4.74 Å². The highest BCUT2D eigenvalue weighted by Gasteiger charge is 2.21. The van der Waals surface area contributed by atoms with Crippen LogP contribution in [0.2, 0.25) is 0 Å². The molecule has 0 spiro atoms. The third kappa shape index (κ3) is 3.15. The number of carbonyl (C=O) groups is 2. The number of esters is 1. The van der Waals surface area contributed by atoms with Crippen LogP contribution in [0, 0.1) is 15.9 Å². The fourth-order valence-electron chi connectivity index (χ4n) is 2.02. The molecular weight excluding hydrogens is 309 g/mol. The summed E-state index contributed by atoms with van der Waals surface area (Å²) >= 11 is 0. The van der Waals surface area contributed by atoms with E-state index >= 15 is 0 Å². The number of carbonyl (C=O) groups excluding carboxylic acids is 1. The van der Waals surface area contributed by atoms with E-state index in [9.17, 15) is 24.1 Å². The fraction of sp³-hybridized carbons (Fsp3) is 0.0667. The lowest BCUT2D eigenvalue weighted by molar-refractivity contribution is -0.385. The molecule has 8 heteroatoms. The topological polar surface area (TPSA) is 107 Å². The monoisotopic (exact) mass is 319 g/mol. The van der Waals surface area contributed by atoms with Crippen molar-refractivity contribution in [3.05, 3.63) is 63.5 Å². The number of aromatic carboxylic acids is 1. The van der Waals surface area contributed by atoms with Crippen molar-refractivity contribution in [1.29, 1.82) is 0 Å². The first-order valence-electron chi connectivity index (χ1n) is 6.25. The zero-order valence-corrected chi connectivity index (χ0v) is 11.8. The van der Waals surface area contributed by atoms with Crippen LogP contribution in [0.15, 0.2) is 36.4 Å². The molecule has 0 bridgehead atoms. The van der Waals surface area contributed by atoms with Crippen molar-refractivity contribution in [1.82, 2.24) is 0 Å². The number of carboxylic acids is 1. The molecule has 0 heterocycles. The van der Waals surface area contributed by atoms with Gasteiger partial charge in [-0.1, -0.05) is 6.07 Å². The molecule has 0 unspecified atom stereocenters. The van der Waals surface area contributed by atoms with E-state index in [1.54, 1.807) is 0 Å². The maximum Gasteiger partial charge on any atom is 0.342 e. The molecule has 0 saturated carbocycles. The van der Waals surface area contributed by atoms with Crippen LogP contribution >= 0.6 is 0 Å². The van der Waals surface area contributed by atoms with Gasteiger partial charge in [0.15, 0.2) is 0 Å². The summed E-state index contributed by atoms with van der Waals surface area (Å²) < 4.78 is 18.5. The lowest BCUT2D eigenvalue weighted by Gasteiger charge is -2.07. The number of methoxy groups -OCH3 is 1. The standard InChI is InChI=1S/C15H10FNO6/c1-23-15(20)9-3-5-12(16)11(6-9)8-2-4-10(14(18)19)13(7-8)17(21)22/h2-7H,1H3,(H,18,19). The van der Waals surface area contributed by atoms with Crippen molar-refractivity contribution in [2.75, 3.05) is 7.11 Å². The van der Waals surface area contributed by atoms with Gasteiger partial charge in [0.25, 0.3) is 5.69 Å². The molecule has 2 aromatic carbocycles. The summed E-state index contributed by atoms with van der Waals surface area (Å²) in [6, 6.07) is 6.61. The van der Waals surface area contributed by atoms with E-state index in [-0.39, 0.29) is 16.7 Å². The van der Waals surface area contributed by atoms with Gasteiger partial charge in [-0.2, -0.15) is 0 Å². The minimum absolute atomic E-state index is 0.0638. The van der Waals surface area contributed by atoms with Crippen LogP contribution in [0.4, 0.5) is 10.1 Å². The molecule has 0 amide bonds. The molecule has 7 nitrogen and oxygen atoms in total. The predicted molar refractivity (Wildman–Crippen MR) is 76.8 cm³/mol. The Labute approximate surface area is 129 Å². The number of halogens is 1. The van der Waals surface area contributed by atoms with Crippen LogP contribution in [0.5, 0.6) is 0 Å². The zero-order valence-electron chi connectivity index (χ0n) is 11.8. The number of hydrogen-bond acceptors (Lipinski definition) is 5.